The van der Waals surface area contributed by atoms with E-state index in [4.69, 9.17) is 0 Å². The first-order valence-corrected chi connectivity index (χ1v) is 6.27. The van der Waals surface area contributed by atoms with E-state index in [1.165, 1.54) is 12.1 Å². The van der Waals surface area contributed by atoms with Crippen LogP contribution in [0.5, 0.6) is 5.75 Å². The summed E-state index contributed by atoms with van der Waals surface area (Å²) >= 11 is 0. The van der Waals surface area contributed by atoms with Crippen molar-refractivity contribution in [2.45, 2.75) is 19.8 Å². The van der Waals surface area contributed by atoms with Gasteiger partial charge in [-0.05, 0) is 41.8 Å². The predicted octanol–water partition coefficient (Wildman–Crippen LogP) is 3.77. The Kier molecular flexibility index (Phi) is 3.85. The number of carbonyl (C=O) groups is 1. The zero-order valence-electron chi connectivity index (χ0n) is 11.1. The molecule has 2 aromatic rings. The molecule has 2 N–H and O–H groups in total. The standard InChI is InChI=1S/C16H17NO2/c1-11(2)14-5-3-4-6-15(14)17-16(19)12-7-9-13(18)10-8-12/h3-11,18H,1-2H3,(H,17,19). The molecule has 0 aromatic heterocycles. The molecule has 0 bridgehead atoms. The summed E-state index contributed by atoms with van der Waals surface area (Å²) in [5.74, 6) is 0.323. The molecule has 0 aliphatic carbocycles. The molecule has 3 heteroatoms. The first kappa shape index (κ1) is 13.1. The van der Waals surface area contributed by atoms with Crippen molar-refractivity contribution in [3.05, 3.63) is 59.7 Å². The maximum atomic E-state index is 12.1. The number of hydrogen-bond acceptors (Lipinski definition) is 2. The minimum Gasteiger partial charge on any atom is -0.508 e. The van der Waals surface area contributed by atoms with E-state index in [2.05, 4.69) is 19.2 Å². The molecule has 3 nitrogen and oxygen atoms in total. The van der Waals surface area contributed by atoms with E-state index in [1.807, 2.05) is 24.3 Å². The Hall–Kier alpha value is -2.29. The van der Waals surface area contributed by atoms with Gasteiger partial charge in [0.1, 0.15) is 5.75 Å². The number of rotatable bonds is 3. The molecule has 2 aromatic carbocycles. The summed E-state index contributed by atoms with van der Waals surface area (Å²) in [6, 6.07) is 14.0. The zero-order chi connectivity index (χ0) is 13.8. The number of benzene rings is 2. The lowest BCUT2D eigenvalue weighted by atomic mass is 10.0. The number of amides is 1. The molecule has 0 heterocycles. The summed E-state index contributed by atoms with van der Waals surface area (Å²) in [5.41, 5.74) is 2.46. The second-order valence-corrected chi connectivity index (χ2v) is 4.74. The molecular weight excluding hydrogens is 238 g/mol. The van der Waals surface area contributed by atoms with Crippen molar-refractivity contribution in [1.82, 2.24) is 0 Å². The quantitative estimate of drug-likeness (QED) is 0.877. The van der Waals surface area contributed by atoms with Crippen LogP contribution in [0.3, 0.4) is 0 Å². The summed E-state index contributed by atoms with van der Waals surface area (Å²) < 4.78 is 0. The van der Waals surface area contributed by atoms with Gasteiger partial charge < -0.3 is 10.4 Å². The van der Waals surface area contributed by atoms with Gasteiger partial charge in [0.05, 0.1) is 0 Å². The molecule has 0 aliphatic rings. The Balaban J connectivity index is 2.22. The molecule has 0 saturated carbocycles. The van der Waals surface area contributed by atoms with Gasteiger partial charge in [0.15, 0.2) is 0 Å². The van der Waals surface area contributed by atoms with Crippen molar-refractivity contribution < 1.29 is 9.90 Å². The predicted molar refractivity (Wildman–Crippen MR) is 76.6 cm³/mol. The van der Waals surface area contributed by atoms with E-state index in [1.54, 1.807) is 12.1 Å². The van der Waals surface area contributed by atoms with Gasteiger partial charge in [0.25, 0.3) is 5.91 Å². The van der Waals surface area contributed by atoms with Crippen LogP contribution >= 0.6 is 0 Å². The number of para-hydroxylation sites is 1. The van der Waals surface area contributed by atoms with Gasteiger partial charge in [-0.2, -0.15) is 0 Å². The van der Waals surface area contributed by atoms with Crippen LogP contribution in [0.1, 0.15) is 35.7 Å². The second kappa shape index (κ2) is 5.57. The van der Waals surface area contributed by atoms with E-state index in [0.29, 0.717) is 11.5 Å². The van der Waals surface area contributed by atoms with Crippen molar-refractivity contribution in [3.8, 4) is 5.75 Å². The lowest BCUT2D eigenvalue weighted by Crippen LogP contribution is -2.13. The minimum atomic E-state index is -0.173. The SMILES string of the molecule is CC(C)c1ccccc1NC(=O)c1ccc(O)cc1. The van der Waals surface area contributed by atoms with Crippen LogP contribution in [0, 0.1) is 0 Å². The topological polar surface area (TPSA) is 49.3 Å². The highest BCUT2D eigenvalue weighted by molar-refractivity contribution is 6.04. The van der Waals surface area contributed by atoms with E-state index in [-0.39, 0.29) is 11.7 Å². The monoisotopic (exact) mass is 255 g/mol. The first-order valence-electron chi connectivity index (χ1n) is 6.27. The smallest absolute Gasteiger partial charge is 0.255 e. The third-order valence-corrected chi connectivity index (χ3v) is 2.96. The fourth-order valence-corrected chi connectivity index (χ4v) is 1.92. The summed E-state index contributed by atoms with van der Waals surface area (Å²) in [7, 11) is 0. The molecule has 0 saturated heterocycles. The summed E-state index contributed by atoms with van der Waals surface area (Å²) in [6.45, 7) is 4.18. The maximum absolute atomic E-state index is 12.1. The molecule has 19 heavy (non-hydrogen) atoms. The zero-order valence-corrected chi connectivity index (χ0v) is 11.1. The fourth-order valence-electron chi connectivity index (χ4n) is 1.92. The molecule has 2 rings (SSSR count). The van der Waals surface area contributed by atoms with Crippen molar-refractivity contribution >= 4 is 11.6 Å². The van der Waals surface area contributed by atoms with Gasteiger partial charge in [-0.1, -0.05) is 32.0 Å². The van der Waals surface area contributed by atoms with Crippen LogP contribution in [-0.2, 0) is 0 Å². The first-order chi connectivity index (χ1) is 9.08. The molecule has 0 fully saturated rings. The Morgan fingerprint density at radius 2 is 1.68 bits per heavy atom. The van der Waals surface area contributed by atoms with Gasteiger partial charge in [-0.25, -0.2) is 0 Å². The van der Waals surface area contributed by atoms with Crippen molar-refractivity contribution in [2.75, 3.05) is 5.32 Å². The third kappa shape index (κ3) is 3.13. The highest BCUT2D eigenvalue weighted by atomic mass is 16.3. The third-order valence-electron chi connectivity index (χ3n) is 2.96. The van der Waals surface area contributed by atoms with Gasteiger partial charge in [0, 0.05) is 11.3 Å². The lowest BCUT2D eigenvalue weighted by Gasteiger charge is -2.13. The second-order valence-electron chi connectivity index (χ2n) is 4.74. The highest BCUT2D eigenvalue weighted by Crippen LogP contribution is 2.24. The van der Waals surface area contributed by atoms with Crippen LogP contribution in [0.25, 0.3) is 0 Å². The number of nitrogens with one attached hydrogen (secondary N) is 1. The fraction of sp³-hybridized carbons (Fsp3) is 0.188. The molecule has 98 valence electrons. The molecule has 0 unspecified atom stereocenters. The number of anilines is 1. The van der Waals surface area contributed by atoms with Crippen LogP contribution in [0.15, 0.2) is 48.5 Å². The van der Waals surface area contributed by atoms with E-state index >= 15 is 0 Å². The molecular formula is C16H17NO2. The van der Waals surface area contributed by atoms with Gasteiger partial charge in [0.2, 0.25) is 0 Å². The average Bonchev–Trinajstić information content (AvgIpc) is 2.39. The number of phenols is 1. The Morgan fingerprint density at radius 3 is 2.32 bits per heavy atom. The van der Waals surface area contributed by atoms with Crippen LogP contribution in [0.4, 0.5) is 5.69 Å². The van der Waals surface area contributed by atoms with Gasteiger partial charge >= 0.3 is 0 Å². The van der Waals surface area contributed by atoms with Gasteiger partial charge in [-0.3, -0.25) is 4.79 Å². The molecule has 0 radical (unpaired) electrons. The lowest BCUT2D eigenvalue weighted by molar-refractivity contribution is 0.102. The van der Waals surface area contributed by atoms with E-state index < -0.39 is 0 Å². The largest absolute Gasteiger partial charge is 0.508 e. The number of carbonyl (C=O) groups excluding carboxylic acids is 1. The van der Waals surface area contributed by atoms with Gasteiger partial charge in [-0.15, -0.1) is 0 Å². The average molecular weight is 255 g/mol. The van der Waals surface area contributed by atoms with Crippen molar-refractivity contribution in [3.63, 3.8) is 0 Å². The summed E-state index contributed by atoms with van der Waals surface area (Å²) in [4.78, 5) is 12.1. The molecule has 0 spiro atoms. The van der Waals surface area contributed by atoms with E-state index in [9.17, 15) is 9.90 Å². The normalized spacial score (nSPS) is 10.5. The number of aromatic hydroxyl groups is 1. The Bertz CT molecular complexity index is 574. The maximum Gasteiger partial charge on any atom is 0.255 e. The molecule has 0 atom stereocenters. The number of hydrogen-bond donors (Lipinski definition) is 2. The molecule has 1 amide bonds. The van der Waals surface area contributed by atoms with Crippen molar-refractivity contribution in [2.24, 2.45) is 0 Å². The highest BCUT2D eigenvalue weighted by Gasteiger charge is 2.10. The van der Waals surface area contributed by atoms with Crippen molar-refractivity contribution in [1.29, 1.82) is 0 Å². The van der Waals surface area contributed by atoms with E-state index in [0.717, 1.165) is 11.3 Å². The number of phenolic OH excluding ortho intramolecular Hbond substituents is 1. The Morgan fingerprint density at radius 1 is 1.05 bits per heavy atom. The Labute approximate surface area is 112 Å². The minimum absolute atomic E-state index is 0.152. The summed E-state index contributed by atoms with van der Waals surface area (Å²) in [5, 5.41) is 12.1. The van der Waals surface area contributed by atoms with Crippen LogP contribution in [0.2, 0.25) is 0 Å². The van der Waals surface area contributed by atoms with Crippen LogP contribution < -0.4 is 5.32 Å². The summed E-state index contributed by atoms with van der Waals surface area (Å²) in [6.07, 6.45) is 0. The van der Waals surface area contributed by atoms with Crippen LogP contribution in [-0.4, -0.2) is 11.0 Å². The molecule has 0 aliphatic heterocycles.